The molecule has 7 heteroatoms. The van der Waals surface area contributed by atoms with Crippen LogP contribution in [0.4, 0.5) is 0 Å². The first kappa shape index (κ1) is 23.0. The number of hydrogen-bond acceptors (Lipinski definition) is 5. The van der Waals surface area contributed by atoms with E-state index in [4.69, 9.17) is 21.3 Å². The van der Waals surface area contributed by atoms with E-state index in [2.05, 4.69) is 34.1 Å². The van der Waals surface area contributed by atoms with E-state index in [-0.39, 0.29) is 5.82 Å². The van der Waals surface area contributed by atoms with Gasteiger partial charge in [0.1, 0.15) is 23.1 Å². The van der Waals surface area contributed by atoms with Crippen LogP contribution in [-0.2, 0) is 11.3 Å². The van der Waals surface area contributed by atoms with Crippen LogP contribution in [0.25, 0.3) is 28.0 Å². The Morgan fingerprint density at radius 1 is 1.15 bits per heavy atom. The van der Waals surface area contributed by atoms with Crippen LogP contribution in [0.5, 0.6) is 0 Å². The van der Waals surface area contributed by atoms with Gasteiger partial charge >= 0.3 is 0 Å². The maximum absolute atomic E-state index is 9.63. The Morgan fingerprint density at radius 2 is 1.91 bits per heavy atom. The van der Waals surface area contributed by atoms with Gasteiger partial charge in [-0.15, -0.1) is 0 Å². The van der Waals surface area contributed by atoms with Crippen LogP contribution in [0.1, 0.15) is 57.1 Å². The lowest BCUT2D eigenvalue weighted by Gasteiger charge is -2.28. The molecule has 6 nitrogen and oxygen atoms in total. The van der Waals surface area contributed by atoms with E-state index in [1.54, 1.807) is 0 Å². The minimum atomic E-state index is 0.113. The predicted molar refractivity (Wildman–Crippen MR) is 134 cm³/mol. The summed E-state index contributed by atoms with van der Waals surface area (Å²) in [4.78, 5) is 14.1. The van der Waals surface area contributed by atoms with E-state index in [0.717, 1.165) is 61.0 Å². The highest BCUT2D eigenvalue weighted by molar-refractivity contribution is 6.30. The van der Waals surface area contributed by atoms with Crippen LogP contribution in [0.3, 0.4) is 0 Å². The SMILES string of the molecule is C=C(c1nc2nc(C#N)nc(-c3cccc(Cl)c3)c2n1CC1CCC(C)CC1)C1CCOCC1. The first-order valence-corrected chi connectivity index (χ1v) is 12.6. The van der Waals surface area contributed by atoms with Crippen LogP contribution in [0.15, 0.2) is 30.8 Å². The average molecular weight is 476 g/mol. The molecule has 2 aliphatic rings. The Morgan fingerprint density at radius 3 is 2.62 bits per heavy atom. The lowest BCUT2D eigenvalue weighted by molar-refractivity contribution is 0.0806. The topological polar surface area (TPSA) is 76.6 Å². The average Bonchev–Trinajstić information content (AvgIpc) is 3.23. The smallest absolute Gasteiger partial charge is 0.234 e. The molecule has 0 atom stereocenters. The molecule has 5 rings (SSSR count). The molecule has 2 aromatic heterocycles. The van der Waals surface area contributed by atoms with Crippen molar-refractivity contribution in [3.8, 4) is 17.3 Å². The van der Waals surface area contributed by atoms with Crippen LogP contribution in [0, 0.1) is 29.1 Å². The summed E-state index contributed by atoms with van der Waals surface area (Å²) < 4.78 is 7.87. The van der Waals surface area contributed by atoms with Gasteiger partial charge in [-0.25, -0.2) is 9.97 Å². The third-order valence-electron chi connectivity index (χ3n) is 7.38. The molecular weight excluding hydrogens is 446 g/mol. The summed E-state index contributed by atoms with van der Waals surface area (Å²) in [5.41, 5.74) is 4.00. The van der Waals surface area contributed by atoms with E-state index in [1.165, 1.54) is 25.7 Å². The number of hydrogen-bond donors (Lipinski definition) is 0. The molecule has 0 radical (unpaired) electrons. The summed E-state index contributed by atoms with van der Waals surface area (Å²) in [6.45, 7) is 9.18. The van der Waals surface area contributed by atoms with Gasteiger partial charge in [0.25, 0.3) is 0 Å². The van der Waals surface area contributed by atoms with Crippen molar-refractivity contribution in [1.82, 2.24) is 19.5 Å². The minimum absolute atomic E-state index is 0.113. The van der Waals surface area contributed by atoms with E-state index in [0.29, 0.717) is 28.2 Å². The second-order valence-electron chi connectivity index (χ2n) is 9.77. The molecule has 0 unspecified atom stereocenters. The summed E-state index contributed by atoms with van der Waals surface area (Å²) >= 11 is 6.33. The van der Waals surface area contributed by atoms with Crippen molar-refractivity contribution in [2.75, 3.05) is 13.2 Å². The first-order valence-electron chi connectivity index (χ1n) is 12.2. The number of benzene rings is 1. The van der Waals surface area contributed by atoms with Gasteiger partial charge < -0.3 is 9.30 Å². The third-order valence-corrected chi connectivity index (χ3v) is 7.61. The standard InChI is InChI=1S/C27H30ClN5O/c1-17-6-8-19(9-7-17)16-33-25-24(21-4-3-5-22(28)14-21)30-23(15-29)31-26(25)32-27(33)18(2)20-10-12-34-13-11-20/h3-5,14,17,19-20H,2,6-13,16H2,1H3. The van der Waals surface area contributed by atoms with Crippen LogP contribution < -0.4 is 0 Å². The van der Waals surface area contributed by atoms with Crippen molar-refractivity contribution in [3.63, 3.8) is 0 Å². The Hall–Kier alpha value is -2.75. The van der Waals surface area contributed by atoms with Crippen LogP contribution >= 0.6 is 11.6 Å². The van der Waals surface area contributed by atoms with Gasteiger partial charge in [-0.3, -0.25) is 0 Å². The number of rotatable bonds is 5. The Bertz CT molecular complexity index is 1250. The van der Waals surface area contributed by atoms with E-state index < -0.39 is 0 Å². The quantitative estimate of drug-likeness (QED) is 0.433. The molecule has 1 aromatic carbocycles. The van der Waals surface area contributed by atoms with Gasteiger partial charge in [0.15, 0.2) is 5.65 Å². The number of fused-ring (bicyclic) bond motifs is 1. The molecule has 0 spiro atoms. The number of nitriles is 1. The van der Waals surface area contributed by atoms with Gasteiger partial charge in [0, 0.05) is 30.3 Å². The molecule has 3 aromatic rings. The van der Waals surface area contributed by atoms with Crippen LogP contribution in [-0.4, -0.2) is 32.7 Å². The van der Waals surface area contributed by atoms with E-state index >= 15 is 0 Å². The summed E-state index contributed by atoms with van der Waals surface area (Å²) in [5, 5.41) is 10.3. The number of ether oxygens (including phenoxy) is 1. The number of imidazole rings is 1. The van der Waals surface area contributed by atoms with Gasteiger partial charge in [0.2, 0.25) is 5.82 Å². The Labute approximate surface area is 205 Å². The van der Waals surface area contributed by atoms with Crippen molar-refractivity contribution in [3.05, 3.63) is 47.5 Å². The number of aromatic nitrogens is 4. The molecule has 1 saturated heterocycles. The molecule has 34 heavy (non-hydrogen) atoms. The first-order chi connectivity index (χ1) is 16.5. The molecule has 0 N–H and O–H groups in total. The summed E-state index contributed by atoms with van der Waals surface area (Å²) in [6.07, 6.45) is 6.80. The number of allylic oxidation sites excluding steroid dienone is 1. The van der Waals surface area contributed by atoms with E-state index in [1.807, 2.05) is 24.3 Å². The summed E-state index contributed by atoms with van der Waals surface area (Å²) in [5.74, 6) is 2.66. The molecule has 1 saturated carbocycles. The predicted octanol–water partition coefficient (Wildman–Crippen LogP) is 6.28. The largest absolute Gasteiger partial charge is 0.381 e. The van der Waals surface area contributed by atoms with Crippen molar-refractivity contribution < 1.29 is 4.74 Å². The highest BCUT2D eigenvalue weighted by Crippen LogP contribution is 2.37. The fraction of sp³-hybridized carbons (Fsp3) is 0.481. The molecule has 176 valence electrons. The van der Waals surface area contributed by atoms with Crippen molar-refractivity contribution in [1.29, 1.82) is 5.26 Å². The zero-order valence-electron chi connectivity index (χ0n) is 19.6. The molecule has 2 fully saturated rings. The lowest BCUT2D eigenvalue weighted by atomic mass is 9.83. The van der Waals surface area contributed by atoms with Crippen molar-refractivity contribution >= 4 is 28.3 Å². The zero-order valence-corrected chi connectivity index (χ0v) is 20.4. The molecule has 1 aliphatic heterocycles. The van der Waals surface area contributed by atoms with Crippen LogP contribution in [0.2, 0.25) is 5.02 Å². The third kappa shape index (κ3) is 4.60. The highest BCUT2D eigenvalue weighted by Gasteiger charge is 2.28. The molecule has 3 heterocycles. The maximum Gasteiger partial charge on any atom is 0.234 e. The van der Waals surface area contributed by atoms with Crippen molar-refractivity contribution in [2.45, 2.75) is 52.0 Å². The van der Waals surface area contributed by atoms with Gasteiger partial charge in [0.05, 0.1) is 0 Å². The fourth-order valence-corrected chi connectivity index (χ4v) is 5.53. The van der Waals surface area contributed by atoms with Gasteiger partial charge in [-0.2, -0.15) is 10.2 Å². The maximum atomic E-state index is 9.63. The molecule has 0 amide bonds. The number of nitrogens with zero attached hydrogens (tertiary/aromatic N) is 5. The molecule has 1 aliphatic carbocycles. The lowest BCUT2D eigenvalue weighted by Crippen LogP contribution is -2.21. The second kappa shape index (κ2) is 9.85. The summed E-state index contributed by atoms with van der Waals surface area (Å²) in [7, 11) is 0. The van der Waals surface area contributed by atoms with Crippen molar-refractivity contribution in [2.24, 2.45) is 17.8 Å². The highest BCUT2D eigenvalue weighted by atomic mass is 35.5. The number of halogens is 1. The zero-order chi connectivity index (χ0) is 23.7. The second-order valence-corrected chi connectivity index (χ2v) is 10.2. The van der Waals surface area contributed by atoms with Gasteiger partial charge in [-0.1, -0.05) is 50.1 Å². The Kier molecular flexibility index (Phi) is 6.67. The monoisotopic (exact) mass is 475 g/mol. The van der Waals surface area contributed by atoms with E-state index in [9.17, 15) is 5.26 Å². The normalized spacial score (nSPS) is 21.4. The minimum Gasteiger partial charge on any atom is -0.381 e. The summed E-state index contributed by atoms with van der Waals surface area (Å²) in [6, 6.07) is 9.71. The molecule has 0 bridgehead atoms. The Balaban J connectivity index is 1.68. The fourth-order valence-electron chi connectivity index (χ4n) is 5.34. The molecular formula is C27H30ClN5O. The van der Waals surface area contributed by atoms with Gasteiger partial charge in [-0.05, 0) is 61.1 Å².